The van der Waals surface area contributed by atoms with Gasteiger partial charge in [-0.15, -0.1) is 0 Å². The molecular formula is C27H27Cl2NO. The van der Waals surface area contributed by atoms with Gasteiger partial charge >= 0.3 is 0 Å². The van der Waals surface area contributed by atoms with Crippen LogP contribution in [0.25, 0.3) is 21.9 Å². The molecule has 1 heterocycles. The predicted molar refractivity (Wildman–Crippen MR) is 130 cm³/mol. The second-order valence-electron chi connectivity index (χ2n) is 9.01. The molecule has 1 aliphatic heterocycles. The summed E-state index contributed by atoms with van der Waals surface area (Å²) in [7, 11) is 0. The minimum absolute atomic E-state index is 0.126. The standard InChI is InChI=1S/C27H27Cl2NO/c28-24-7-4-8-25(29)26(24)21-12-11-19-15-18(9-10-20(19)17-21)16-22-13-14-30(27(22)31)23-5-2-1-3-6-23/h4,7-12,15,17,22-23H,1-3,5-6,13-14,16H2. The summed E-state index contributed by atoms with van der Waals surface area (Å²) >= 11 is 12.8. The monoisotopic (exact) mass is 451 g/mol. The third-order valence-corrected chi connectivity index (χ3v) is 7.63. The van der Waals surface area contributed by atoms with E-state index in [1.165, 1.54) is 43.1 Å². The molecule has 1 unspecified atom stereocenters. The van der Waals surface area contributed by atoms with E-state index in [4.69, 9.17) is 23.2 Å². The number of amides is 1. The van der Waals surface area contributed by atoms with E-state index in [-0.39, 0.29) is 5.92 Å². The number of rotatable bonds is 4. The lowest BCUT2D eigenvalue weighted by atomic mass is 9.93. The van der Waals surface area contributed by atoms with Crippen LogP contribution in [0.5, 0.6) is 0 Å². The Labute approximate surface area is 194 Å². The number of likely N-dealkylation sites (tertiary alicyclic amines) is 1. The van der Waals surface area contributed by atoms with Crippen LogP contribution in [-0.4, -0.2) is 23.4 Å². The number of carbonyl (C=O) groups excluding carboxylic acids is 1. The fourth-order valence-corrected chi connectivity index (χ4v) is 5.96. The lowest BCUT2D eigenvalue weighted by molar-refractivity contribution is -0.133. The Morgan fingerprint density at radius 2 is 1.55 bits per heavy atom. The lowest BCUT2D eigenvalue weighted by Crippen LogP contribution is -2.39. The highest BCUT2D eigenvalue weighted by atomic mass is 35.5. The van der Waals surface area contributed by atoms with Gasteiger partial charge in [0.05, 0.1) is 0 Å². The Morgan fingerprint density at radius 3 is 2.32 bits per heavy atom. The van der Waals surface area contributed by atoms with Crippen molar-refractivity contribution in [3.05, 3.63) is 70.2 Å². The molecule has 1 aliphatic carbocycles. The smallest absolute Gasteiger partial charge is 0.226 e. The molecule has 4 heteroatoms. The van der Waals surface area contributed by atoms with Gasteiger partial charge in [-0.1, -0.05) is 78.9 Å². The van der Waals surface area contributed by atoms with Crippen LogP contribution >= 0.6 is 23.2 Å². The first-order valence-corrected chi connectivity index (χ1v) is 12.1. The van der Waals surface area contributed by atoms with Gasteiger partial charge in [0, 0.05) is 34.1 Å². The summed E-state index contributed by atoms with van der Waals surface area (Å²) in [6.07, 6.45) is 8.05. The molecule has 31 heavy (non-hydrogen) atoms. The minimum Gasteiger partial charge on any atom is -0.339 e. The molecule has 160 valence electrons. The van der Waals surface area contributed by atoms with Crippen molar-refractivity contribution in [1.29, 1.82) is 0 Å². The number of carbonyl (C=O) groups is 1. The summed E-state index contributed by atoms with van der Waals surface area (Å²) in [5.74, 6) is 0.497. The summed E-state index contributed by atoms with van der Waals surface area (Å²) < 4.78 is 0. The molecule has 3 aromatic carbocycles. The van der Waals surface area contributed by atoms with Gasteiger partial charge < -0.3 is 4.90 Å². The molecule has 1 atom stereocenters. The van der Waals surface area contributed by atoms with Crippen LogP contribution in [0.2, 0.25) is 10.0 Å². The van der Waals surface area contributed by atoms with Crippen LogP contribution in [0.15, 0.2) is 54.6 Å². The van der Waals surface area contributed by atoms with Crippen LogP contribution < -0.4 is 0 Å². The Hall–Kier alpha value is -2.03. The molecule has 2 fully saturated rings. The highest BCUT2D eigenvalue weighted by Gasteiger charge is 2.36. The first kappa shape index (κ1) is 20.8. The third kappa shape index (κ3) is 4.21. The van der Waals surface area contributed by atoms with E-state index in [1.807, 2.05) is 18.2 Å². The van der Waals surface area contributed by atoms with Gasteiger partial charge in [0.15, 0.2) is 0 Å². The van der Waals surface area contributed by atoms with Gasteiger partial charge in [-0.3, -0.25) is 4.79 Å². The van der Waals surface area contributed by atoms with Crippen molar-refractivity contribution in [3.8, 4) is 11.1 Å². The predicted octanol–water partition coefficient (Wildman–Crippen LogP) is 7.54. The van der Waals surface area contributed by atoms with Gasteiger partial charge in [0.2, 0.25) is 5.91 Å². The van der Waals surface area contributed by atoms with Crippen molar-refractivity contribution in [2.75, 3.05) is 6.54 Å². The van der Waals surface area contributed by atoms with Crippen molar-refractivity contribution in [1.82, 2.24) is 4.90 Å². The van der Waals surface area contributed by atoms with Crippen LogP contribution in [0.1, 0.15) is 44.1 Å². The van der Waals surface area contributed by atoms with Crippen LogP contribution in [0.4, 0.5) is 0 Å². The average Bonchev–Trinajstić information content (AvgIpc) is 3.14. The Balaban J connectivity index is 1.34. The van der Waals surface area contributed by atoms with Gasteiger partial charge in [0.1, 0.15) is 0 Å². The van der Waals surface area contributed by atoms with E-state index in [2.05, 4.69) is 41.3 Å². The van der Waals surface area contributed by atoms with E-state index in [0.717, 1.165) is 35.9 Å². The SMILES string of the molecule is O=C1C(Cc2ccc3cc(-c4c(Cl)cccc4Cl)ccc3c2)CCN1C1CCCCC1. The van der Waals surface area contributed by atoms with Crippen LogP contribution in [0.3, 0.4) is 0 Å². The van der Waals surface area contributed by atoms with E-state index < -0.39 is 0 Å². The maximum atomic E-state index is 13.0. The lowest BCUT2D eigenvalue weighted by Gasteiger charge is -2.31. The van der Waals surface area contributed by atoms with E-state index in [9.17, 15) is 4.79 Å². The normalized spacial score (nSPS) is 20.0. The van der Waals surface area contributed by atoms with Gasteiger partial charge in [0.25, 0.3) is 0 Å². The van der Waals surface area contributed by atoms with Crippen molar-refractivity contribution < 1.29 is 4.79 Å². The quantitative estimate of drug-likeness (QED) is 0.401. The third-order valence-electron chi connectivity index (χ3n) is 7.00. The average molecular weight is 452 g/mol. The first-order chi connectivity index (χ1) is 15.1. The second kappa shape index (κ2) is 8.84. The fraction of sp³-hybridized carbons (Fsp3) is 0.370. The van der Waals surface area contributed by atoms with Crippen molar-refractivity contribution in [2.24, 2.45) is 5.92 Å². The maximum Gasteiger partial charge on any atom is 0.226 e. The van der Waals surface area contributed by atoms with Crippen molar-refractivity contribution in [2.45, 2.75) is 51.0 Å². The zero-order valence-corrected chi connectivity index (χ0v) is 19.1. The van der Waals surface area contributed by atoms with E-state index >= 15 is 0 Å². The van der Waals surface area contributed by atoms with Gasteiger partial charge in [-0.2, -0.15) is 0 Å². The number of halogens is 2. The maximum absolute atomic E-state index is 13.0. The van der Waals surface area contributed by atoms with Crippen LogP contribution in [0, 0.1) is 5.92 Å². The molecule has 0 radical (unpaired) electrons. The molecule has 2 nitrogen and oxygen atoms in total. The zero-order valence-electron chi connectivity index (χ0n) is 17.6. The molecule has 0 aromatic heterocycles. The summed E-state index contributed by atoms with van der Waals surface area (Å²) in [6.45, 7) is 0.934. The Kier molecular flexibility index (Phi) is 5.95. The fourth-order valence-electron chi connectivity index (χ4n) is 5.34. The summed E-state index contributed by atoms with van der Waals surface area (Å²) in [5.41, 5.74) is 3.13. The zero-order chi connectivity index (χ0) is 21.4. The second-order valence-corrected chi connectivity index (χ2v) is 9.82. The number of hydrogen-bond donors (Lipinski definition) is 0. The largest absolute Gasteiger partial charge is 0.339 e. The van der Waals surface area contributed by atoms with E-state index in [0.29, 0.717) is 22.0 Å². The Morgan fingerprint density at radius 1 is 0.839 bits per heavy atom. The molecular weight excluding hydrogens is 425 g/mol. The van der Waals surface area contributed by atoms with Crippen molar-refractivity contribution >= 4 is 39.9 Å². The molecule has 1 saturated carbocycles. The first-order valence-electron chi connectivity index (χ1n) is 11.4. The van der Waals surface area contributed by atoms with Gasteiger partial charge in [-0.05, 0) is 65.8 Å². The summed E-state index contributed by atoms with van der Waals surface area (Å²) in [6, 6.07) is 19.0. The van der Waals surface area contributed by atoms with E-state index in [1.54, 1.807) is 0 Å². The topological polar surface area (TPSA) is 20.3 Å². The molecule has 1 saturated heterocycles. The molecule has 5 rings (SSSR count). The van der Waals surface area contributed by atoms with Gasteiger partial charge in [-0.25, -0.2) is 0 Å². The summed E-state index contributed by atoms with van der Waals surface area (Å²) in [4.78, 5) is 15.2. The molecule has 0 bridgehead atoms. The molecule has 0 spiro atoms. The molecule has 2 aliphatic rings. The molecule has 3 aromatic rings. The Bertz CT molecular complexity index is 1100. The number of benzene rings is 3. The highest BCUT2D eigenvalue weighted by molar-refractivity contribution is 6.39. The highest BCUT2D eigenvalue weighted by Crippen LogP contribution is 2.36. The number of fused-ring (bicyclic) bond motifs is 1. The van der Waals surface area contributed by atoms with Crippen molar-refractivity contribution in [3.63, 3.8) is 0 Å². The minimum atomic E-state index is 0.126. The number of hydrogen-bond acceptors (Lipinski definition) is 1. The molecule has 0 N–H and O–H groups in total. The van der Waals surface area contributed by atoms with Crippen LogP contribution in [-0.2, 0) is 11.2 Å². The summed E-state index contributed by atoms with van der Waals surface area (Å²) in [5, 5.41) is 3.65. The molecule has 1 amide bonds. The number of nitrogens with zero attached hydrogens (tertiary/aromatic N) is 1.